The van der Waals surface area contributed by atoms with Crippen LogP contribution in [-0.2, 0) is 14.4 Å². The van der Waals surface area contributed by atoms with Crippen molar-refractivity contribution >= 4 is 17.7 Å². The van der Waals surface area contributed by atoms with Crippen molar-refractivity contribution in [2.75, 3.05) is 0 Å². The first-order valence-corrected chi connectivity index (χ1v) is 3.37. The van der Waals surface area contributed by atoms with Crippen molar-refractivity contribution in [1.82, 2.24) is 0 Å². The molecule has 0 saturated carbocycles. The predicted octanol–water partition coefficient (Wildman–Crippen LogP) is -0.00310. The van der Waals surface area contributed by atoms with Gasteiger partial charge < -0.3 is 10.2 Å². The van der Waals surface area contributed by atoms with Gasteiger partial charge in [-0.2, -0.15) is 0 Å². The monoisotopic (exact) mass is 174 g/mol. The maximum absolute atomic E-state index is 11.0. The Kier molecular flexibility index (Phi) is 3.40. The first-order chi connectivity index (χ1) is 5.37. The first-order valence-electron chi connectivity index (χ1n) is 3.37. The highest BCUT2D eigenvalue weighted by atomic mass is 16.4. The Hall–Kier alpha value is -1.39. The number of Topliss-reactive ketones (excluding diaryl/α,β-unsaturated/α-hetero) is 1. The minimum atomic E-state index is -1.30. The maximum atomic E-state index is 11.0. The minimum Gasteiger partial charge on any atom is -0.481 e. The number of carboxylic acid groups (broad SMARTS) is 2. The van der Waals surface area contributed by atoms with Crippen LogP contribution in [-0.4, -0.2) is 27.9 Å². The van der Waals surface area contributed by atoms with Crippen LogP contribution >= 0.6 is 0 Å². The molecule has 12 heavy (non-hydrogen) atoms. The van der Waals surface area contributed by atoms with Crippen LogP contribution in [0.1, 0.15) is 13.8 Å². The molecular weight excluding hydrogens is 164 g/mol. The predicted molar refractivity (Wildman–Crippen MR) is 38.6 cm³/mol. The summed E-state index contributed by atoms with van der Waals surface area (Å²) in [5.41, 5.74) is 0. The minimum absolute atomic E-state index is 0.782. The van der Waals surface area contributed by atoms with E-state index in [-0.39, 0.29) is 0 Å². The van der Waals surface area contributed by atoms with Crippen LogP contribution < -0.4 is 0 Å². The van der Waals surface area contributed by atoms with Crippen molar-refractivity contribution in [3.05, 3.63) is 0 Å². The van der Waals surface area contributed by atoms with Gasteiger partial charge in [0.25, 0.3) is 0 Å². The van der Waals surface area contributed by atoms with Crippen molar-refractivity contribution in [2.24, 2.45) is 11.8 Å². The Bertz CT molecular complexity index is 198. The van der Waals surface area contributed by atoms with E-state index in [4.69, 9.17) is 10.2 Å². The molecule has 0 aromatic rings. The quantitative estimate of drug-likeness (QED) is 0.585. The third-order valence-corrected chi connectivity index (χ3v) is 1.59. The van der Waals surface area contributed by atoms with Gasteiger partial charge in [0.05, 0.1) is 0 Å². The lowest BCUT2D eigenvalue weighted by Gasteiger charge is -2.07. The van der Waals surface area contributed by atoms with Crippen molar-refractivity contribution in [3.8, 4) is 0 Å². The van der Waals surface area contributed by atoms with E-state index in [1.165, 1.54) is 13.8 Å². The molecular formula is C7H10O5. The molecule has 0 aromatic heterocycles. The van der Waals surface area contributed by atoms with Crippen LogP contribution in [0, 0.1) is 11.8 Å². The third kappa shape index (κ3) is 2.34. The Balaban J connectivity index is 4.39. The lowest BCUT2D eigenvalue weighted by Crippen LogP contribution is -2.30. The Morgan fingerprint density at radius 2 is 1.17 bits per heavy atom. The molecule has 0 bridgehead atoms. The molecule has 0 aliphatic carbocycles. The standard InChI is InChI=1S/C7H10O5/c1-3(6(9)10)5(8)4(2)7(11)12/h3-4H,1-2H3,(H,9,10)(H,11,12). The van der Waals surface area contributed by atoms with Crippen LogP contribution in [0.4, 0.5) is 0 Å². The summed E-state index contributed by atoms with van der Waals surface area (Å²) in [6.45, 7) is 2.34. The zero-order valence-electron chi connectivity index (χ0n) is 6.77. The summed E-state index contributed by atoms with van der Waals surface area (Å²) in [4.78, 5) is 31.5. The van der Waals surface area contributed by atoms with Crippen LogP contribution in [0.3, 0.4) is 0 Å². The normalized spacial score (nSPS) is 14.8. The van der Waals surface area contributed by atoms with Crippen molar-refractivity contribution < 1.29 is 24.6 Å². The molecule has 0 saturated heterocycles. The fourth-order valence-electron chi connectivity index (χ4n) is 0.618. The molecule has 0 amide bonds. The molecule has 2 unspecified atom stereocenters. The number of ketones is 1. The van der Waals surface area contributed by atoms with E-state index in [0.29, 0.717) is 0 Å². The summed E-state index contributed by atoms with van der Waals surface area (Å²) in [6.07, 6.45) is 0. The van der Waals surface area contributed by atoms with E-state index in [1.807, 2.05) is 0 Å². The molecule has 68 valence electrons. The smallest absolute Gasteiger partial charge is 0.313 e. The molecule has 0 rings (SSSR count). The second-order valence-corrected chi connectivity index (χ2v) is 2.52. The largest absolute Gasteiger partial charge is 0.481 e. The molecule has 5 heteroatoms. The van der Waals surface area contributed by atoms with Gasteiger partial charge in [-0.3, -0.25) is 14.4 Å². The van der Waals surface area contributed by atoms with Gasteiger partial charge in [-0.15, -0.1) is 0 Å². The van der Waals surface area contributed by atoms with Gasteiger partial charge in [0, 0.05) is 0 Å². The van der Waals surface area contributed by atoms with Gasteiger partial charge in [-0.25, -0.2) is 0 Å². The van der Waals surface area contributed by atoms with Crippen molar-refractivity contribution in [2.45, 2.75) is 13.8 Å². The second-order valence-electron chi connectivity index (χ2n) is 2.52. The Morgan fingerprint density at radius 3 is 1.33 bits per heavy atom. The topological polar surface area (TPSA) is 91.7 Å². The van der Waals surface area contributed by atoms with E-state index in [0.717, 1.165) is 0 Å². The number of carboxylic acids is 2. The number of carbonyl (C=O) groups excluding carboxylic acids is 1. The first kappa shape index (κ1) is 10.6. The Labute approximate surface area is 69.0 Å². The number of carbonyl (C=O) groups is 3. The SMILES string of the molecule is CC(C(=O)O)C(=O)C(C)C(=O)O. The zero-order valence-corrected chi connectivity index (χ0v) is 6.77. The lowest BCUT2D eigenvalue weighted by atomic mass is 9.96. The summed E-state index contributed by atoms with van der Waals surface area (Å²) in [7, 11) is 0. The van der Waals surface area contributed by atoms with Gasteiger partial charge in [0.1, 0.15) is 11.8 Å². The number of aliphatic carboxylic acids is 2. The lowest BCUT2D eigenvalue weighted by molar-refractivity contribution is -0.151. The number of hydrogen-bond donors (Lipinski definition) is 2. The molecule has 0 spiro atoms. The molecule has 0 fully saturated rings. The van der Waals surface area contributed by atoms with Crippen LogP contribution in [0.5, 0.6) is 0 Å². The van der Waals surface area contributed by atoms with Gasteiger partial charge in [0.15, 0.2) is 5.78 Å². The molecule has 5 nitrogen and oxygen atoms in total. The molecule has 2 atom stereocenters. The highest BCUT2D eigenvalue weighted by Gasteiger charge is 2.29. The summed E-state index contributed by atoms with van der Waals surface area (Å²) >= 11 is 0. The average molecular weight is 174 g/mol. The van der Waals surface area contributed by atoms with Crippen LogP contribution in [0.25, 0.3) is 0 Å². The molecule has 2 N–H and O–H groups in total. The van der Waals surface area contributed by atoms with Crippen LogP contribution in [0.2, 0.25) is 0 Å². The fraction of sp³-hybridized carbons (Fsp3) is 0.571. The zero-order chi connectivity index (χ0) is 9.89. The summed E-state index contributed by atoms with van der Waals surface area (Å²) < 4.78 is 0. The van der Waals surface area contributed by atoms with Crippen molar-refractivity contribution in [1.29, 1.82) is 0 Å². The van der Waals surface area contributed by atoms with Gasteiger partial charge in [-0.05, 0) is 13.8 Å². The van der Waals surface area contributed by atoms with Crippen LogP contribution in [0.15, 0.2) is 0 Å². The van der Waals surface area contributed by atoms with E-state index in [9.17, 15) is 14.4 Å². The van der Waals surface area contributed by atoms with E-state index < -0.39 is 29.6 Å². The molecule has 0 aromatic carbocycles. The van der Waals surface area contributed by atoms with E-state index in [2.05, 4.69) is 0 Å². The molecule has 0 heterocycles. The second kappa shape index (κ2) is 3.85. The molecule has 0 radical (unpaired) electrons. The summed E-state index contributed by atoms with van der Waals surface area (Å²) in [5.74, 6) is -5.89. The molecule has 0 aliphatic heterocycles. The highest BCUT2D eigenvalue weighted by molar-refractivity contribution is 6.06. The van der Waals surface area contributed by atoms with Gasteiger partial charge in [0.2, 0.25) is 0 Å². The fourth-order valence-corrected chi connectivity index (χ4v) is 0.618. The van der Waals surface area contributed by atoms with Gasteiger partial charge in [-0.1, -0.05) is 0 Å². The average Bonchev–Trinajstić information content (AvgIpc) is 2.00. The maximum Gasteiger partial charge on any atom is 0.313 e. The van der Waals surface area contributed by atoms with Gasteiger partial charge >= 0.3 is 11.9 Å². The van der Waals surface area contributed by atoms with E-state index in [1.54, 1.807) is 0 Å². The molecule has 0 aliphatic rings. The summed E-state index contributed by atoms with van der Waals surface area (Å²) in [5, 5.41) is 16.7. The Morgan fingerprint density at radius 1 is 0.917 bits per heavy atom. The van der Waals surface area contributed by atoms with E-state index >= 15 is 0 Å². The summed E-state index contributed by atoms with van der Waals surface area (Å²) in [6, 6.07) is 0. The number of rotatable bonds is 4. The third-order valence-electron chi connectivity index (χ3n) is 1.59. The highest BCUT2D eigenvalue weighted by Crippen LogP contribution is 2.07. The van der Waals surface area contributed by atoms with Crippen molar-refractivity contribution in [3.63, 3.8) is 0 Å². The number of hydrogen-bond acceptors (Lipinski definition) is 3.